The predicted octanol–water partition coefficient (Wildman–Crippen LogP) is 3.42. The molecular formula is C16H15ClN4. The summed E-state index contributed by atoms with van der Waals surface area (Å²) in [5.74, 6) is 0.519. The Labute approximate surface area is 128 Å². The Morgan fingerprint density at radius 2 is 1.86 bits per heavy atom. The van der Waals surface area contributed by atoms with Gasteiger partial charge in [0.2, 0.25) is 0 Å². The molecule has 4 nitrogen and oxygen atoms in total. The van der Waals surface area contributed by atoms with Gasteiger partial charge in [-0.3, -0.25) is 0 Å². The molecule has 3 aromatic rings. The molecule has 0 bridgehead atoms. The van der Waals surface area contributed by atoms with Crippen molar-refractivity contribution in [3.05, 3.63) is 65.7 Å². The van der Waals surface area contributed by atoms with E-state index in [0.717, 1.165) is 29.2 Å². The van der Waals surface area contributed by atoms with Crippen molar-refractivity contribution in [3.8, 4) is 11.3 Å². The molecule has 1 aromatic carbocycles. The fraction of sp³-hybridized carbons (Fsp3) is 0.125. The molecule has 3 rings (SSSR count). The first kappa shape index (κ1) is 13.6. The monoisotopic (exact) mass is 298 g/mol. The number of nitrogens with zero attached hydrogens (tertiary/aromatic N) is 3. The molecule has 0 unspecified atom stereocenters. The van der Waals surface area contributed by atoms with Crippen LogP contribution in [-0.2, 0) is 13.0 Å². The van der Waals surface area contributed by atoms with Crippen molar-refractivity contribution >= 4 is 17.4 Å². The summed E-state index contributed by atoms with van der Waals surface area (Å²) in [5, 5.41) is 0.759. The highest BCUT2D eigenvalue weighted by Gasteiger charge is 2.05. The molecule has 2 N–H and O–H groups in total. The zero-order chi connectivity index (χ0) is 14.7. The lowest BCUT2D eigenvalue weighted by Gasteiger charge is -2.08. The van der Waals surface area contributed by atoms with Crippen LogP contribution in [0.2, 0.25) is 5.02 Å². The standard InChI is InChI=1S/C16H15ClN4/c17-14-4-1-12(2-5-14)7-8-21-11-19-10-15(21)13-3-6-16(18)20-9-13/h1-6,9-11H,7-8H2,(H2,18,20). The zero-order valence-corrected chi connectivity index (χ0v) is 12.2. The molecule has 0 aliphatic carbocycles. The summed E-state index contributed by atoms with van der Waals surface area (Å²) >= 11 is 5.90. The van der Waals surface area contributed by atoms with Gasteiger partial charge in [0, 0.05) is 23.3 Å². The Bertz CT molecular complexity index is 717. The smallest absolute Gasteiger partial charge is 0.123 e. The molecule has 0 spiro atoms. The summed E-state index contributed by atoms with van der Waals surface area (Å²) in [7, 11) is 0. The van der Waals surface area contributed by atoms with E-state index in [1.165, 1.54) is 5.56 Å². The van der Waals surface area contributed by atoms with Gasteiger partial charge in [-0.15, -0.1) is 0 Å². The van der Waals surface area contributed by atoms with E-state index in [2.05, 4.69) is 14.5 Å². The lowest BCUT2D eigenvalue weighted by molar-refractivity contribution is 0.701. The number of imidazole rings is 1. The van der Waals surface area contributed by atoms with Crippen molar-refractivity contribution in [1.82, 2.24) is 14.5 Å². The Morgan fingerprint density at radius 3 is 2.57 bits per heavy atom. The minimum atomic E-state index is 0.519. The Kier molecular flexibility index (Phi) is 3.88. The van der Waals surface area contributed by atoms with Gasteiger partial charge in [-0.25, -0.2) is 9.97 Å². The van der Waals surface area contributed by atoms with E-state index >= 15 is 0 Å². The summed E-state index contributed by atoms with van der Waals surface area (Å²) < 4.78 is 2.11. The normalized spacial score (nSPS) is 10.7. The van der Waals surface area contributed by atoms with Crippen LogP contribution in [0.3, 0.4) is 0 Å². The average Bonchev–Trinajstić information content (AvgIpc) is 2.96. The number of benzene rings is 1. The predicted molar refractivity (Wildman–Crippen MR) is 85.0 cm³/mol. The van der Waals surface area contributed by atoms with Crippen LogP contribution in [0.15, 0.2) is 55.1 Å². The van der Waals surface area contributed by atoms with Crippen LogP contribution in [0.1, 0.15) is 5.56 Å². The van der Waals surface area contributed by atoms with Crippen LogP contribution < -0.4 is 5.73 Å². The minimum absolute atomic E-state index is 0.519. The SMILES string of the molecule is Nc1ccc(-c2cncn2CCc2ccc(Cl)cc2)cn1. The molecule has 0 saturated carbocycles. The number of aromatic nitrogens is 3. The number of halogens is 1. The number of rotatable bonds is 4. The van der Waals surface area contributed by atoms with Crippen molar-refractivity contribution in [2.45, 2.75) is 13.0 Å². The quantitative estimate of drug-likeness (QED) is 0.803. The topological polar surface area (TPSA) is 56.7 Å². The lowest BCUT2D eigenvalue weighted by atomic mass is 10.1. The van der Waals surface area contributed by atoms with Crippen molar-refractivity contribution in [2.75, 3.05) is 5.73 Å². The molecule has 0 atom stereocenters. The van der Waals surface area contributed by atoms with Gasteiger partial charge in [0.05, 0.1) is 18.2 Å². The average molecular weight is 299 g/mol. The fourth-order valence-corrected chi connectivity index (χ4v) is 2.32. The van der Waals surface area contributed by atoms with Gasteiger partial charge in [0.25, 0.3) is 0 Å². The van der Waals surface area contributed by atoms with E-state index in [1.54, 1.807) is 12.3 Å². The maximum Gasteiger partial charge on any atom is 0.123 e. The number of nitrogens with two attached hydrogens (primary N) is 1. The summed E-state index contributed by atoms with van der Waals surface area (Å²) in [5.41, 5.74) is 8.92. The Morgan fingerprint density at radius 1 is 1.05 bits per heavy atom. The van der Waals surface area contributed by atoms with Gasteiger partial charge in [0.1, 0.15) is 5.82 Å². The van der Waals surface area contributed by atoms with E-state index in [4.69, 9.17) is 17.3 Å². The van der Waals surface area contributed by atoms with Gasteiger partial charge < -0.3 is 10.3 Å². The van der Waals surface area contributed by atoms with Crippen molar-refractivity contribution < 1.29 is 0 Å². The van der Waals surface area contributed by atoms with Crippen molar-refractivity contribution in [1.29, 1.82) is 0 Å². The minimum Gasteiger partial charge on any atom is -0.384 e. The molecule has 0 amide bonds. The second kappa shape index (κ2) is 5.97. The van der Waals surface area contributed by atoms with Crippen LogP contribution in [0.5, 0.6) is 0 Å². The van der Waals surface area contributed by atoms with E-state index in [1.807, 2.05) is 42.9 Å². The van der Waals surface area contributed by atoms with Gasteiger partial charge >= 0.3 is 0 Å². The van der Waals surface area contributed by atoms with E-state index in [9.17, 15) is 0 Å². The van der Waals surface area contributed by atoms with Crippen LogP contribution in [0.4, 0.5) is 5.82 Å². The third-order valence-electron chi connectivity index (χ3n) is 3.35. The first-order valence-electron chi connectivity index (χ1n) is 6.69. The van der Waals surface area contributed by atoms with Gasteiger partial charge in [-0.2, -0.15) is 0 Å². The van der Waals surface area contributed by atoms with Crippen LogP contribution in [0, 0.1) is 0 Å². The fourth-order valence-electron chi connectivity index (χ4n) is 2.20. The summed E-state index contributed by atoms with van der Waals surface area (Å²) in [6.45, 7) is 0.849. The maximum absolute atomic E-state index is 5.90. The summed E-state index contributed by atoms with van der Waals surface area (Å²) in [4.78, 5) is 8.36. The molecule has 0 fully saturated rings. The third-order valence-corrected chi connectivity index (χ3v) is 3.60. The van der Waals surface area contributed by atoms with Crippen LogP contribution in [-0.4, -0.2) is 14.5 Å². The number of nitrogen functional groups attached to an aromatic ring is 1. The number of pyridine rings is 1. The summed E-state index contributed by atoms with van der Waals surface area (Å²) in [6.07, 6.45) is 6.37. The highest BCUT2D eigenvalue weighted by molar-refractivity contribution is 6.30. The first-order chi connectivity index (χ1) is 10.2. The van der Waals surface area contributed by atoms with Gasteiger partial charge in [-0.1, -0.05) is 23.7 Å². The zero-order valence-electron chi connectivity index (χ0n) is 11.4. The molecule has 2 aromatic heterocycles. The molecule has 0 radical (unpaired) electrons. The molecule has 0 saturated heterocycles. The van der Waals surface area contributed by atoms with Gasteiger partial charge in [-0.05, 0) is 36.2 Å². The molecule has 0 aliphatic heterocycles. The van der Waals surface area contributed by atoms with E-state index < -0.39 is 0 Å². The van der Waals surface area contributed by atoms with Gasteiger partial charge in [0.15, 0.2) is 0 Å². The Hall–Kier alpha value is -2.33. The highest BCUT2D eigenvalue weighted by Crippen LogP contribution is 2.19. The first-order valence-corrected chi connectivity index (χ1v) is 7.06. The molecule has 5 heteroatoms. The third kappa shape index (κ3) is 3.23. The molecule has 2 heterocycles. The number of hydrogen-bond donors (Lipinski definition) is 1. The number of hydrogen-bond acceptors (Lipinski definition) is 3. The van der Waals surface area contributed by atoms with E-state index in [-0.39, 0.29) is 0 Å². The lowest BCUT2D eigenvalue weighted by Crippen LogP contribution is -2.02. The number of anilines is 1. The molecule has 106 valence electrons. The second-order valence-electron chi connectivity index (χ2n) is 4.82. The van der Waals surface area contributed by atoms with Crippen molar-refractivity contribution in [3.63, 3.8) is 0 Å². The van der Waals surface area contributed by atoms with E-state index in [0.29, 0.717) is 5.82 Å². The van der Waals surface area contributed by atoms with Crippen LogP contribution >= 0.6 is 11.6 Å². The largest absolute Gasteiger partial charge is 0.384 e. The maximum atomic E-state index is 5.90. The molecular weight excluding hydrogens is 284 g/mol. The molecule has 21 heavy (non-hydrogen) atoms. The Balaban J connectivity index is 1.76. The van der Waals surface area contributed by atoms with Crippen LogP contribution in [0.25, 0.3) is 11.3 Å². The number of aryl methyl sites for hydroxylation is 2. The second-order valence-corrected chi connectivity index (χ2v) is 5.26. The van der Waals surface area contributed by atoms with Crippen molar-refractivity contribution in [2.24, 2.45) is 0 Å². The highest BCUT2D eigenvalue weighted by atomic mass is 35.5. The summed E-state index contributed by atoms with van der Waals surface area (Å²) in [6, 6.07) is 11.7. The molecule has 0 aliphatic rings.